The third kappa shape index (κ3) is 1.95. The van der Waals surface area contributed by atoms with Gasteiger partial charge in [0.1, 0.15) is 16.3 Å². The van der Waals surface area contributed by atoms with Gasteiger partial charge >= 0.3 is 0 Å². The molecule has 3 rings (SSSR count). The molecule has 0 bridgehead atoms. The maximum Gasteiger partial charge on any atom is 0.124 e. The van der Waals surface area contributed by atoms with Crippen LogP contribution in [0.25, 0.3) is 0 Å². The molecular formula is C16H20N2OS. The van der Waals surface area contributed by atoms with Crippen LogP contribution in [0, 0.1) is 12.8 Å². The first-order valence-electron chi connectivity index (χ1n) is 7.08. The molecule has 106 valence electrons. The summed E-state index contributed by atoms with van der Waals surface area (Å²) in [7, 11) is 0. The number of para-hydroxylation sites is 1. The molecule has 1 aliphatic rings. The first-order valence-corrected chi connectivity index (χ1v) is 7.96. The van der Waals surface area contributed by atoms with Crippen LogP contribution in [0.5, 0.6) is 5.75 Å². The van der Waals surface area contributed by atoms with E-state index >= 15 is 0 Å². The number of hydrogen-bond donors (Lipinski definition) is 1. The maximum atomic E-state index is 5.90. The lowest BCUT2D eigenvalue weighted by Crippen LogP contribution is -2.52. The summed E-state index contributed by atoms with van der Waals surface area (Å²) in [5.74, 6) is 1.31. The van der Waals surface area contributed by atoms with Gasteiger partial charge in [0.25, 0.3) is 0 Å². The molecule has 1 aromatic heterocycles. The number of ether oxygens (including phenoxy) is 1. The van der Waals surface area contributed by atoms with Gasteiger partial charge in [0.05, 0.1) is 6.61 Å². The number of benzene rings is 1. The van der Waals surface area contributed by atoms with Gasteiger partial charge in [0.2, 0.25) is 0 Å². The van der Waals surface area contributed by atoms with E-state index in [2.05, 4.69) is 43.6 Å². The highest BCUT2D eigenvalue weighted by Gasteiger charge is 2.46. The average molecular weight is 288 g/mol. The number of nitrogens with zero attached hydrogens (tertiary/aromatic N) is 1. The van der Waals surface area contributed by atoms with Crippen LogP contribution in [-0.2, 0) is 5.54 Å². The predicted molar refractivity (Wildman–Crippen MR) is 82.4 cm³/mol. The van der Waals surface area contributed by atoms with Gasteiger partial charge in [-0.1, -0.05) is 32.0 Å². The Bertz CT molecular complexity index is 610. The highest BCUT2D eigenvalue weighted by Crippen LogP contribution is 2.45. The molecule has 4 heteroatoms. The lowest BCUT2D eigenvalue weighted by atomic mass is 9.77. The van der Waals surface area contributed by atoms with E-state index in [0.717, 1.165) is 23.0 Å². The Morgan fingerprint density at radius 2 is 2.25 bits per heavy atom. The fourth-order valence-corrected chi connectivity index (χ4v) is 4.11. The van der Waals surface area contributed by atoms with Gasteiger partial charge in [-0.05, 0) is 19.5 Å². The van der Waals surface area contributed by atoms with Crippen molar-refractivity contribution in [2.75, 3.05) is 13.2 Å². The summed E-state index contributed by atoms with van der Waals surface area (Å²) in [6, 6.07) is 8.31. The summed E-state index contributed by atoms with van der Waals surface area (Å²) in [4.78, 5) is 4.77. The van der Waals surface area contributed by atoms with Crippen LogP contribution in [0.1, 0.15) is 30.1 Å². The summed E-state index contributed by atoms with van der Waals surface area (Å²) in [5, 5.41) is 6.96. The monoisotopic (exact) mass is 288 g/mol. The Labute approximate surface area is 124 Å². The largest absolute Gasteiger partial charge is 0.493 e. The second-order valence-corrected chi connectivity index (χ2v) is 6.20. The van der Waals surface area contributed by atoms with Gasteiger partial charge in [-0.15, -0.1) is 11.3 Å². The van der Waals surface area contributed by atoms with Gasteiger partial charge in [-0.25, -0.2) is 4.98 Å². The Balaban J connectivity index is 2.23. The highest BCUT2D eigenvalue weighted by atomic mass is 32.1. The SMILES string of the molecule is CCNC1(c2nc(C)cs2)c2ccccc2OCC1C. The molecule has 0 saturated heterocycles. The fourth-order valence-electron chi connectivity index (χ4n) is 3.01. The van der Waals surface area contributed by atoms with Crippen LogP contribution < -0.4 is 10.1 Å². The molecule has 2 atom stereocenters. The molecule has 1 N–H and O–H groups in total. The van der Waals surface area contributed by atoms with Crippen LogP contribution in [-0.4, -0.2) is 18.1 Å². The second kappa shape index (κ2) is 5.19. The maximum absolute atomic E-state index is 5.90. The van der Waals surface area contributed by atoms with Gasteiger partial charge in [-0.3, -0.25) is 0 Å². The molecule has 0 fully saturated rings. The Morgan fingerprint density at radius 1 is 1.45 bits per heavy atom. The minimum absolute atomic E-state index is 0.234. The summed E-state index contributed by atoms with van der Waals surface area (Å²) in [6.07, 6.45) is 0. The van der Waals surface area contributed by atoms with Crippen molar-refractivity contribution in [2.24, 2.45) is 5.92 Å². The Morgan fingerprint density at radius 3 is 2.95 bits per heavy atom. The van der Waals surface area contributed by atoms with Gasteiger partial charge < -0.3 is 10.1 Å². The highest BCUT2D eigenvalue weighted by molar-refractivity contribution is 7.09. The summed E-state index contributed by atoms with van der Waals surface area (Å²) < 4.78 is 5.90. The van der Waals surface area contributed by atoms with Crippen molar-refractivity contribution in [1.82, 2.24) is 10.3 Å². The van der Waals surface area contributed by atoms with E-state index in [1.807, 2.05) is 12.1 Å². The zero-order chi connectivity index (χ0) is 14.2. The van der Waals surface area contributed by atoms with Crippen LogP contribution in [0.4, 0.5) is 0 Å². The van der Waals surface area contributed by atoms with Crippen molar-refractivity contribution in [1.29, 1.82) is 0 Å². The summed E-state index contributed by atoms with van der Waals surface area (Å²) in [6.45, 7) is 8.04. The zero-order valence-electron chi connectivity index (χ0n) is 12.1. The Hall–Kier alpha value is -1.39. The number of aryl methyl sites for hydroxylation is 1. The molecule has 20 heavy (non-hydrogen) atoms. The fraction of sp³-hybridized carbons (Fsp3) is 0.438. The van der Waals surface area contributed by atoms with Crippen molar-refractivity contribution in [3.8, 4) is 5.75 Å². The molecule has 2 unspecified atom stereocenters. The molecule has 1 aliphatic heterocycles. The topological polar surface area (TPSA) is 34.2 Å². The van der Waals surface area contributed by atoms with Gasteiger partial charge in [0.15, 0.2) is 0 Å². The number of thiazole rings is 1. The number of aromatic nitrogens is 1. The van der Waals surface area contributed by atoms with E-state index in [1.54, 1.807) is 11.3 Å². The molecule has 2 aromatic rings. The normalized spacial score (nSPS) is 25.1. The van der Waals surface area contributed by atoms with Gasteiger partial charge in [0, 0.05) is 22.6 Å². The standard InChI is InChI=1S/C16H20N2OS/c1-4-17-16(15-18-12(3)10-20-15)11(2)9-19-14-8-6-5-7-13(14)16/h5-8,10-11,17H,4,9H2,1-3H3. The van der Waals surface area contributed by atoms with Crippen molar-refractivity contribution in [3.63, 3.8) is 0 Å². The lowest BCUT2D eigenvalue weighted by molar-refractivity contribution is 0.141. The van der Waals surface area contributed by atoms with E-state index in [0.29, 0.717) is 12.5 Å². The summed E-state index contributed by atoms with van der Waals surface area (Å²) in [5.41, 5.74) is 2.05. The second-order valence-electron chi connectivity index (χ2n) is 5.34. The van der Waals surface area contributed by atoms with E-state index in [4.69, 9.17) is 9.72 Å². The van der Waals surface area contributed by atoms with Crippen LogP contribution >= 0.6 is 11.3 Å². The van der Waals surface area contributed by atoms with Gasteiger partial charge in [-0.2, -0.15) is 0 Å². The minimum atomic E-state index is -0.234. The number of hydrogen-bond acceptors (Lipinski definition) is 4. The van der Waals surface area contributed by atoms with Crippen molar-refractivity contribution >= 4 is 11.3 Å². The quantitative estimate of drug-likeness (QED) is 0.940. The minimum Gasteiger partial charge on any atom is -0.493 e. The third-order valence-corrected chi connectivity index (χ3v) is 5.05. The van der Waals surface area contributed by atoms with Crippen molar-refractivity contribution in [3.05, 3.63) is 45.9 Å². The molecular weight excluding hydrogens is 268 g/mol. The number of nitrogens with one attached hydrogen (secondary N) is 1. The van der Waals surface area contributed by atoms with E-state index in [-0.39, 0.29) is 5.54 Å². The Kier molecular flexibility index (Phi) is 3.52. The van der Waals surface area contributed by atoms with Crippen molar-refractivity contribution in [2.45, 2.75) is 26.3 Å². The van der Waals surface area contributed by atoms with Crippen molar-refractivity contribution < 1.29 is 4.74 Å². The molecule has 0 saturated carbocycles. The molecule has 0 spiro atoms. The number of fused-ring (bicyclic) bond motifs is 1. The average Bonchev–Trinajstić information content (AvgIpc) is 2.89. The molecule has 0 amide bonds. The molecule has 0 aliphatic carbocycles. The first-order chi connectivity index (χ1) is 9.68. The smallest absolute Gasteiger partial charge is 0.124 e. The van der Waals surface area contributed by atoms with Crippen LogP contribution in [0.2, 0.25) is 0 Å². The molecule has 0 radical (unpaired) electrons. The zero-order valence-corrected chi connectivity index (χ0v) is 13.0. The first kappa shape index (κ1) is 13.6. The van der Waals surface area contributed by atoms with E-state index < -0.39 is 0 Å². The molecule has 2 heterocycles. The predicted octanol–water partition coefficient (Wildman–Crippen LogP) is 3.33. The van der Waals surface area contributed by atoms with Crippen LogP contribution in [0.3, 0.4) is 0 Å². The molecule has 3 nitrogen and oxygen atoms in total. The third-order valence-electron chi connectivity index (χ3n) is 3.95. The lowest BCUT2D eigenvalue weighted by Gasteiger charge is -2.43. The molecule has 1 aromatic carbocycles. The summed E-state index contributed by atoms with van der Waals surface area (Å²) >= 11 is 1.73. The van der Waals surface area contributed by atoms with E-state index in [9.17, 15) is 0 Å². The number of rotatable bonds is 3. The van der Waals surface area contributed by atoms with E-state index in [1.165, 1.54) is 5.56 Å². The van der Waals surface area contributed by atoms with Crippen LogP contribution in [0.15, 0.2) is 29.6 Å².